The number of carboxylic acids is 1. The molecule has 112 valence electrons. The van der Waals surface area contributed by atoms with Crippen molar-refractivity contribution in [3.63, 3.8) is 0 Å². The maximum absolute atomic E-state index is 12.8. The van der Waals surface area contributed by atoms with Crippen molar-refractivity contribution in [1.29, 1.82) is 0 Å². The Kier molecular flexibility index (Phi) is 5.21. The molecule has 0 radical (unpaired) electrons. The number of nitrogens with one attached hydrogen (secondary N) is 1. The predicted molar refractivity (Wildman–Crippen MR) is 80.4 cm³/mol. The van der Waals surface area contributed by atoms with E-state index in [2.05, 4.69) is 10.3 Å². The van der Waals surface area contributed by atoms with Crippen LogP contribution in [0, 0.1) is 5.92 Å². The zero-order valence-corrected chi connectivity index (χ0v) is 12.6. The van der Waals surface area contributed by atoms with Gasteiger partial charge in [-0.25, -0.2) is 4.79 Å². The first kappa shape index (κ1) is 15.5. The van der Waals surface area contributed by atoms with Gasteiger partial charge in [-0.1, -0.05) is 19.3 Å². The fraction of sp³-hybridized carbons (Fsp3) is 0.786. The van der Waals surface area contributed by atoms with Crippen LogP contribution in [0.15, 0.2) is 4.99 Å². The van der Waals surface area contributed by atoms with E-state index < -0.39 is 11.5 Å². The lowest BCUT2D eigenvalue weighted by atomic mass is 9.73. The Hall–Kier alpha value is -0.880. The number of thioether (sulfide) groups is 1. The van der Waals surface area contributed by atoms with Crippen LogP contribution in [0.25, 0.3) is 0 Å². The number of ketones is 1. The molecule has 0 aromatic heterocycles. The van der Waals surface area contributed by atoms with E-state index >= 15 is 0 Å². The summed E-state index contributed by atoms with van der Waals surface area (Å²) in [4.78, 5) is 27.8. The van der Waals surface area contributed by atoms with E-state index in [4.69, 9.17) is 5.11 Å². The molecule has 2 N–H and O–H groups in total. The van der Waals surface area contributed by atoms with Crippen LogP contribution in [-0.4, -0.2) is 46.3 Å². The van der Waals surface area contributed by atoms with Gasteiger partial charge in [0.2, 0.25) is 0 Å². The maximum atomic E-state index is 12.8. The average Bonchev–Trinajstić information content (AvgIpc) is 2.99. The lowest BCUT2D eigenvalue weighted by molar-refractivity contribution is -0.128. The fourth-order valence-corrected chi connectivity index (χ4v) is 4.18. The molecule has 1 heterocycles. The molecule has 2 atom stereocenters. The number of carbonyl (C=O) groups is 2. The molecule has 1 aliphatic heterocycles. The highest BCUT2D eigenvalue weighted by molar-refractivity contribution is 8.00. The molecule has 1 saturated carbocycles. The van der Waals surface area contributed by atoms with Gasteiger partial charge in [-0.05, 0) is 25.7 Å². The number of hydrogen-bond donors (Lipinski definition) is 2. The molecule has 2 aliphatic rings. The highest BCUT2D eigenvalue weighted by atomic mass is 32.2. The van der Waals surface area contributed by atoms with E-state index in [1.54, 1.807) is 11.8 Å². The van der Waals surface area contributed by atoms with Crippen molar-refractivity contribution in [2.75, 3.05) is 12.3 Å². The first-order valence-corrected chi connectivity index (χ1v) is 8.26. The summed E-state index contributed by atoms with van der Waals surface area (Å²) in [7, 11) is 0. The Labute approximate surface area is 123 Å². The minimum atomic E-state index is -1.09. The van der Waals surface area contributed by atoms with Gasteiger partial charge in [-0.15, -0.1) is 11.8 Å². The fourth-order valence-electron chi connectivity index (χ4n) is 3.08. The molecule has 6 heteroatoms. The number of aliphatic imine (C=N–C) groups is 1. The van der Waals surface area contributed by atoms with Gasteiger partial charge in [0, 0.05) is 12.3 Å². The third-order valence-electron chi connectivity index (χ3n) is 4.30. The first-order chi connectivity index (χ1) is 9.54. The van der Waals surface area contributed by atoms with Gasteiger partial charge in [0.1, 0.15) is 17.1 Å². The molecule has 1 saturated heterocycles. The molecule has 0 amide bonds. The molecule has 0 aromatic rings. The molecule has 1 unspecified atom stereocenters. The van der Waals surface area contributed by atoms with E-state index in [0.717, 1.165) is 44.2 Å². The predicted octanol–water partition coefficient (Wildman–Crippen LogP) is 1.71. The summed E-state index contributed by atoms with van der Waals surface area (Å²) in [5, 5.41) is 11.8. The highest BCUT2D eigenvalue weighted by Gasteiger charge is 2.45. The molecule has 0 aromatic carbocycles. The van der Waals surface area contributed by atoms with E-state index in [9.17, 15) is 9.59 Å². The minimum absolute atomic E-state index is 0.0319. The molecule has 5 nitrogen and oxygen atoms in total. The summed E-state index contributed by atoms with van der Waals surface area (Å²) in [5.41, 5.74) is -0.909. The van der Waals surface area contributed by atoms with Crippen molar-refractivity contribution >= 4 is 29.7 Å². The van der Waals surface area contributed by atoms with E-state index in [1.807, 2.05) is 6.92 Å². The quantitative estimate of drug-likeness (QED) is 0.755. The van der Waals surface area contributed by atoms with Gasteiger partial charge in [0.15, 0.2) is 5.78 Å². The third-order valence-corrected chi connectivity index (χ3v) is 5.45. The monoisotopic (exact) mass is 298 g/mol. The van der Waals surface area contributed by atoms with Crippen LogP contribution in [-0.2, 0) is 9.59 Å². The van der Waals surface area contributed by atoms with Crippen LogP contribution in [0.2, 0.25) is 0 Å². The van der Waals surface area contributed by atoms with Crippen molar-refractivity contribution in [1.82, 2.24) is 5.32 Å². The van der Waals surface area contributed by atoms with Crippen LogP contribution in [0.4, 0.5) is 0 Å². The number of nitrogens with zero attached hydrogens (tertiary/aromatic N) is 1. The van der Waals surface area contributed by atoms with Crippen molar-refractivity contribution < 1.29 is 14.7 Å². The summed E-state index contributed by atoms with van der Waals surface area (Å²) >= 11 is 1.59. The van der Waals surface area contributed by atoms with Crippen LogP contribution in [0.1, 0.15) is 39.0 Å². The molecule has 20 heavy (non-hydrogen) atoms. The molecular formula is C14H22N2O3S. The van der Waals surface area contributed by atoms with E-state index in [0.29, 0.717) is 0 Å². The Bertz CT molecular complexity index is 401. The second-order valence-electron chi connectivity index (χ2n) is 5.65. The number of carbonyl (C=O) groups excluding carboxylic acids is 1. The van der Waals surface area contributed by atoms with Gasteiger partial charge in [0.05, 0.1) is 0 Å². The standard InChI is InChI=1S/C14H22N2O3S/c1-14(16-9-11(17)18,10-5-3-2-4-6-10)12(19)13-15-7-8-20-13/h9-10,13,15H,2-8H2,1H3,(H,17,18)/t13?,14-/m1/s1. The van der Waals surface area contributed by atoms with E-state index in [-0.39, 0.29) is 17.1 Å². The summed E-state index contributed by atoms with van der Waals surface area (Å²) in [6.07, 6.45) is 6.20. The van der Waals surface area contributed by atoms with Crippen LogP contribution < -0.4 is 5.32 Å². The summed E-state index contributed by atoms with van der Waals surface area (Å²) < 4.78 is 0. The second-order valence-corrected chi connectivity index (χ2v) is 6.86. The second kappa shape index (κ2) is 6.72. The topological polar surface area (TPSA) is 78.8 Å². The normalized spacial score (nSPS) is 27.6. The number of Topliss-reactive ketones (excluding diaryl/α,β-unsaturated/α-hetero) is 1. The third kappa shape index (κ3) is 3.41. The number of carboxylic acid groups (broad SMARTS) is 1. The Morgan fingerprint density at radius 1 is 1.35 bits per heavy atom. The zero-order chi connectivity index (χ0) is 14.6. The summed E-state index contributed by atoms with van der Waals surface area (Å²) in [6.45, 7) is 2.63. The van der Waals surface area contributed by atoms with E-state index in [1.165, 1.54) is 6.42 Å². The number of aliphatic carboxylic acids is 1. The minimum Gasteiger partial charge on any atom is -0.477 e. The molecule has 1 aliphatic carbocycles. The first-order valence-electron chi connectivity index (χ1n) is 7.21. The van der Waals surface area contributed by atoms with Crippen LogP contribution in [0.3, 0.4) is 0 Å². The van der Waals surface area contributed by atoms with Crippen molar-refractivity contribution in [2.45, 2.75) is 49.9 Å². The Morgan fingerprint density at radius 2 is 2.05 bits per heavy atom. The van der Waals surface area contributed by atoms with Crippen molar-refractivity contribution in [2.24, 2.45) is 10.9 Å². The summed E-state index contributed by atoms with van der Waals surface area (Å²) in [5.74, 6) is 0.0124. The Balaban J connectivity index is 2.21. The number of rotatable bonds is 5. The van der Waals surface area contributed by atoms with Gasteiger partial charge in [0.25, 0.3) is 0 Å². The molecule has 2 fully saturated rings. The molecular weight excluding hydrogens is 276 g/mol. The van der Waals surface area contributed by atoms with Crippen molar-refractivity contribution in [3.8, 4) is 0 Å². The number of hydrogen-bond acceptors (Lipinski definition) is 5. The van der Waals surface area contributed by atoms with Gasteiger partial charge < -0.3 is 5.11 Å². The van der Waals surface area contributed by atoms with Crippen LogP contribution >= 0.6 is 11.8 Å². The van der Waals surface area contributed by atoms with Crippen LogP contribution in [0.5, 0.6) is 0 Å². The molecule has 2 rings (SSSR count). The lowest BCUT2D eigenvalue weighted by Gasteiger charge is -2.36. The Morgan fingerprint density at radius 3 is 2.60 bits per heavy atom. The SMILES string of the molecule is C[C@](N=CC(=O)O)(C(=O)C1NCCS1)C1CCCCC1. The van der Waals surface area contributed by atoms with Gasteiger partial charge in [-0.2, -0.15) is 0 Å². The molecule has 0 bridgehead atoms. The largest absolute Gasteiger partial charge is 0.477 e. The zero-order valence-electron chi connectivity index (χ0n) is 11.8. The smallest absolute Gasteiger partial charge is 0.346 e. The molecule has 0 spiro atoms. The van der Waals surface area contributed by atoms with Crippen molar-refractivity contribution in [3.05, 3.63) is 0 Å². The lowest BCUT2D eigenvalue weighted by Crippen LogP contribution is -2.49. The highest BCUT2D eigenvalue weighted by Crippen LogP contribution is 2.38. The van der Waals surface area contributed by atoms with Gasteiger partial charge in [-0.3, -0.25) is 15.1 Å². The maximum Gasteiger partial charge on any atom is 0.346 e. The van der Waals surface area contributed by atoms with Gasteiger partial charge >= 0.3 is 5.97 Å². The summed E-state index contributed by atoms with van der Waals surface area (Å²) in [6, 6.07) is 0. The average molecular weight is 298 g/mol.